The van der Waals surface area contributed by atoms with Crippen LogP contribution in [0.1, 0.15) is 83.5 Å². The second-order valence-electron chi connectivity index (χ2n) is 12.6. The third-order valence-corrected chi connectivity index (χ3v) is 8.41. The third-order valence-electron chi connectivity index (χ3n) is 7.85. The van der Waals surface area contributed by atoms with Crippen LogP contribution in [0.15, 0.2) is 12.3 Å². The normalized spacial score (nSPS) is 23.6. The highest BCUT2D eigenvalue weighted by atomic mass is 32.2. The number of amides is 3. The summed E-state index contributed by atoms with van der Waals surface area (Å²) in [7, 11) is -2.38. The first-order chi connectivity index (χ1) is 19.0. The first kappa shape index (κ1) is 32.4. The number of ether oxygens (including phenoxy) is 2. The number of rotatable bonds is 11. The molecule has 1 heterocycles. The molecule has 4 atom stereocenters. The number of alkyl carbamates (subject to hydrolysis) is 1. The molecule has 3 N–H and O–H groups in total. The molecule has 1 aromatic heterocycles. The second-order valence-corrected chi connectivity index (χ2v) is 14.3. The van der Waals surface area contributed by atoms with Gasteiger partial charge in [0.25, 0.3) is 5.91 Å². The Morgan fingerprint density at radius 1 is 1.24 bits per heavy atom. The van der Waals surface area contributed by atoms with E-state index in [9.17, 15) is 22.8 Å². The van der Waals surface area contributed by atoms with Crippen LogP contribution in [0.4, 0.5) is 4.79 Å². The lowest BCUT2D eigenvalue weighted by Crippen LogP contribution is -2.52. The summed E-state index contributed by atoms with van der Waals surface area (Å²) >= 11 is 0. The van der Waals surface area contributed by atoms with Crippen molar-refractivity contribution in [3.63, 3.8) is 0 Å². The van der Waals surface area contributed by atoms with E-state index in [4.69, 9.17) is 4.74 Å². The summed E-state index contributed by atoms with van der Waals surface area (Å²) in [4.78, 5) is 38.3. The van der Waals surface area contributed by atoms with E-state index in [1.54, 1.807) is 26.1 Å². The maximum atomic E-state index is 13.5. The van der Waals surface area contributed by atoms with Crippen molar-refractivity contribution in [2.45, 2.75) is 84.7 Å². The number of hydrogen-bond donors (Lipinski definition) is 3. The largest absolute Gasteiger partial charge is 0.477 e. The lowest BCUT2D eigenvalue weighted by molar-refractivity contribution is -0.136. The quantitative estimate of drug-likeness (QED) is 0.352. The standard InChI is InChI=1S/C28H45N5O7S/c1-18(2)17-40-24-22(16-29-33(24)12-11-27(4,5)31-26(36)39-6)23(34)30-19(3)21-13-20-9-8-10-28(14-20,15-21)25(35)32-41(7,37)38/h11-12,16,18-21H,8-10,13-15,17H2,1-7H3,(H,30,34)(H,31,36)(H,32,35)/b12-11+/t19?,20?,21?,28-/m1/s1. The number of nitrogens with zero attached hydrogens (tertiary/aromatic N) is 2. The van der Waals surface area contributed by atoms with Gasteiger partial charge in [-0.05, 0) is 70.3 Å². The maximum absolute atomic E-state index is 13.5. The van der Waals surface area contributed by atoms with Crippen LogP contribution in [0, 0.1) is 23.2 Å². The van der Waals surface area contributed by atoms with Crippen molar-refractivity contribution in [1.82, 2.24) is 25.1 Å². The Kier molecular flexibility index (Phi) is 10.1. The Morgan fingerprint density at radius 3 is 2.59 bits per heavy atom. The SMILES string of the molecule is COC(=O)NC(C)(C)/C=C/n1ncc(C(=O)NC(C)C2CC3CCC[C@@](C(=O)NS(C)(=O)=O)(C3)C2)c1OCC(C)C. The molecular weight excluding hydrogens is 550 g/mol. The maximum Gasteiger partial charge on any atom is 0.407 e. The lowest BCUT2D eigenvalue weighted by Gasteiger charge is -2.48. The highest BCUT2D eigenvalue weighted by Gasteiger charge is 2.49. The Hall–Kier alpha value is -3.09. The van der Waals surface area contributed by atoms with Crippen molar-refractivity contribution in [2.75, 3.05) is 20.0 Å². The minimum absolute atomic E-state index is 0.00322. The van der Waals surface area contributed by atoms with E-state index in [1.807, 2.05) is 20.8 Å². The molecule has 3 amide bonds. The molecule has 0 saturated heterocycles. The molecule has 0 radical (unpaired) electrons. The highest BCUT2D eigenvalue weighted by molar-refractivity contribution is 7.89. The predicted molar refractivity (Wildman–Crippen MR) is 155 cm³/mol. The fraction of sp³-hybridized carbons (Fsp3) is 0.714. The highest BCUT2D eigenvalue weighted by Crippen LogP contribution is 2.52. The molecule has 1 aromatic rings. The predicted octanol–water partition coefficient (Wildman–Crippen LogP) is 3.30. The summed E-state index contributed by atoms with van der Waals surface area (Å²) in [6.07, 6.45) is 9.73. The van der Waals surface area contributed by atoms with Gasteiger partial charge in [0.1, 0.15) is 5.56 Å². The van der Waals surface area contributed by atoms with Gasteiger partial charge in [0, 0.05) is 12.2 Å². The number of carbonyl (C=O) groups excluding carboxylic acids is 3. The van der Waals surface area contributed by atoms with Crippen molar-refractivity contribution in [3.8, 4) is 5.88 Å². The number of methoxy groups -OCH3 is 1. The van der Waals surface area contributed by atoms with Crippen LogP contribution in [-0.4, -0.2) is 67.7 Å². The van der Waals surface area contributed by atoms with Crippen molar-refractivity contribution in [3.05, 3.63) is 17.8 Å². The molecule has 2 aliphatic rings. The fourth-order valence-electron chi connectivity index (χ4n) is 5.86. The van der Waals surface area contributed by atoms with Crippen LogP contribution in [-0.2, 0) is 19.6 Å². The molecule has 12 nitrogen and oxygen atoms in total. The van der Waals surface area contributed by atoms with Crippen molar-refractivity contribution >= 4 is 34.1 Å². The van der Waals surface area contributed by atoms with Crippen LogP contribution in [0.2, 0.25) is 0 Å². The van der Waals surface area contributed by atoms with Gasteiger partial charge in [-0.25, -0.2) is 17.9 Å². The van der Waals surface area contributed by atoms with Crippen molar-refractivity contribution in [2.24, 2.45) is 23.2 Å². The first-order valence-electron chi connectivity index (χ1n) is 14.1. The van der Waals surface area contributed by atoms with Gasteiger partial charge in [-0.2, -0.15) is 5.10 Å². The Bertz CT molecular complexity index is 1260. The van der Waals surface area contributed by atoms with Gasteiger partial charge in [0.2, 0.25) is 21.8 Å². The molecule has 230 valence electrons. The van der Waals surface area contributed by atoms with Crippen LogP contribution < -0.4 is 20.1 Å². The van der Waals surface area contributed by atoms with E-state index in [0.29, 0.717) is 31.8 Å². The summed E-state index contributed by atoms with van der Waals surface area (Å²) in [5, 5.41) is 10.1. The number of fused-ring (bicyclic) bond motifs is 2. The summed E-state index contributed by atoms with van der Waals surface area (Å²) in [6, 6.07) is -0.270. The van der Waals surface area contributed by atoms with E-state index in [1.165, 1.54) is 18.0 Å². The first-order valence-corrected chi connectivity index (χ1v) is 16.0. The fourth-order valence-corrected chi connectivity index (χ4v) is 6.41. The summed E-state index contributed by atoms with van der Waals surface area (Å²) in [5.41, 5.74) is -1.24. The molecule has 0 aromatic carbocycles. The number of carbonyl (C=O) groups is 3. The van der Waals surface area contributed by atoms with Gasteiger partial charge >= 0.3 is 6.09 Å². The van der Waals surface area contributed by atoms with Gasteiger partial charge in [0.15, 0.2) is 0 Å². The molecular formula is C28H45N5O7S. The molecule has 0 aliphatic heterocycles. The molecule has 2 bridgehead atoms. The van der Waals surface area contributed by atoms with Crippen LogP contribution >= 0.6 is 0 Å². The Labute approximate surface area is 243 Å². The van der Waals surface area contributed by atoms with Crippen molar-refractivity contribution < 1.29 is 32.3 Å². The topological polar surface area (TPSA) is 158 Å². The average Bonchev–Trinajstić information content (AvgIpc) is 3.27. The molecule has 2 saturated carbocycles. The molecule has 3 rings (SSSR count). The van der Waals surface area contributed by atoms with E-state index in [2.05, 4.69) is 25.2 Å². The summed E-state index contributed by atoms with van der Waals surface area (Å²) in [5.74, 6) is -0.0119. The molecule has 2 fully saturated rings. The van der Waals surface area contributed by atoms with E-state index < -0.39 is 33.0 Å². The smallest absolute Gasteiger partial charge is 0.407 e. The zero-order valence-corrected chi connectivity index (χ0v) is 26.0. The number of hydrogen-bond acceptors (Lipinski definition) is 8. The monoisotopic (exact) mass is 595 g/mol. The van der Waals surface area contributed by atoms with Gasteiger partial charge in [0.05, 0.1) is 37.1 Å². The summed E-state index contributed by atoms with van der Waals surface area (Å²) in [6.45, 7) is 9.86. The number of aromatic nitrogens is 2. The molecule has 13 heteroatoms. The van der Waals surface area contributed by atoms with Crippen molar-refractivity contribution in [1.29, 1.82) is 0 Å². The van der Waals surface area contributed by atoms with Crippen LogP contribution in [0.5, 0.6) is 5.88 Å². The number of nitrogens with one attached hydrogen (secondary N) is 3. The van der Waals surface area contributed by atoms with Gasteiger partial charge in [-0.15, -0.1) is 0 Å². The van der Waals surface area contributed by atoms with Crippen LogP contribution in [0.3, 0.4) is 0 Å². The zero-order chi connectivity index (χ0) is 30.6. The third kappa shape index (κ3) is 8.70. The molecule has 2 aliphatic carbocycles. The lowest BCUT2D eigenvalue weighted by atomic mass is 9.57. The number of sulfonamides is 1. The van der Waals surface area contributed by atoms with E-state index >= 15 is 0 Å². The van der Waals surface area contributed by atoms with E-state index in [0.717, 1.165) is 25.5 Å². The van der Waals surface area contributed by atoms with Gasteiger partial charge in [-0.3, -0.25) is 14.3 Å². The minimum atomic E-state index is -3.67. The summed E-state index contributed by atoms with van der Waals surface area (Å²) < 4.78 is 38.0. The molecule has 41 heavy (non-hydrogen) atoms. The average molecular weight is 596 g/mol. The van der Waals surface area contributed by atoms with E-state index in [-0.39, 0.29) is 35.2 Å². The minimum Gasteiger partial charge on any atom is -0.477 e. The Morgan fingerprint density at radius 2 is 1.95 bits per heavy atom. The second kappa shape index (κ2) is 12.8. The Balaban J connectivity index is 1.79. The zero-order valence-electron chi connectivity index (χ0n) is 25.2. The molecule has 3 unspecified atom stereocenters. The van der Waals surface area contributed by atoms with Crippen LogP contribution in [0.25, 0.3) is 6.20 Å². The molecule has 0 spiro atoms. The van der Waals surface area contributed by atoms with Gasteiger partial charge in [-0.1, -0.05) is 26.7 Å². The van der Waals surface area contributed by atoms with Gasteiger partial charge < -0.3 is 20.1 Å².